The zero-order valence-corrected chi connectivity index (χ0v) is 18.2. The molecule has 1 saturated heterocycles. The van der Waals surface area contributed by atoms with Gasteiger partial charge >= 0.3 is 0 Å². The van der Waals surface area contributed by atoms with E-state index in [4.69, 9.17) is 23.2 Å². The van der Waals surface area contributed by atoms with Crippen LogP contribution in [0.1, 0.15) is 46.0 Å². The van der Waals surface area contributed by atoms with Crippen LogP contribution in [0.4, 0.5) is 5.69 Å². The predicted octanol–water partition coefficient (Wildman–Crippen LogP) is 7.04. The van der Waals surface area contributed by atoms with Gasteiger partial charge in [-0.05, 0) is 36.8 Å². The number of hydrogen-bond acceptors (Lipinski definition) is 4. The number of piperidine rings is 1. The lowest BCUT2D eigenvalue weighted by Gasteiger charge is -2.40. The molecule has 2 aromatic rings. The number of aromatic nitrogens is 1. The molecular formula is C21H26Cl2N2OS. The second kappa shape index (κ2) is 8.93. The lowest BCUT2D eigenvalue weighted by molar-refractivity contribution is 0.222. The number of unbranched alkanes of at least 4 members (excludes halogenated alkanes) is 1. The fourth-order valence-electron chi connectivity index (χ4n) is 3.51. The number of anilines is 1. The molecule has 3 rings (SSSR count). The first-order chi connectivity index (χ1) is 12.9. The predicted molar refractivity (Wildman–Crippen MR) is 116 cm³/mol. The second-order valence-corrected chi connectivity index (χ2v) is 9.39. The summed E-state index contributed by atoms with van der Waals surface area (Å²) in [6, 6.07) is 7.26. The van der Waals surface area contributed by atoms with E-state index in [0.717, 1.165) is 23.7 Å². The second-order valence-electron chi connectivity index (χ2n) is 7.57. The van der Waals surface area contributed by atoms with E-state index in [2.05, 4.69) is 23.7 Å². The zero-order chi connectivity index (χ0) is 19.4. The molecule has 1 N–H and O–H groups in total. The number of nitrogens with zero attached hydrogens (tertiary/aromatic N) is 2. The molecule has 1 aliphatic heterocycles. The van der Waals surface area contributed by atoms with Crippen LogP contribution in [0, 0.1) is 5.41 Å². The molecule has 1 aliphatic rings. The summed E-state index contributed by atoms with van der Waals surface area (Å²) in [4.78, 5) is 7.58. The molecule has 146 valence electrons. The summed E-state index contributed by atoms with van der Waals surface area (Å²) in [6.07, 6.45) is 8.07. The first-order valence-electron chi connectivity index (χ1n) is 9.48. The van der Waals surface area contributed by atoms with Crippen molar-refractivity contribution in [3.05, 3.63) is 40.5 Å². The van der Waals surface area contributed by atoms with Gasteiger partial charge in [0.2, 0.25) is 0 Å². The fraction of sp³-hybridized carbons (Fsp3) is 0.476. The van der Waals surface area contributed by atoms with Crippen LogP contribution < -0.4 is 4.90 Å². The molecule has 1 aromatic carbocycles. The SMILES string of the molecule is CCCCC1(C)CCN(c2cnc(Sc3cccc(Cl)c3Cl)c(O)c2)CC1. The molecule has 0 spiro atoms. The van der Waals surface area contributed by atoms with Gasteiger partial charge < -0.3 is 10.0 Å². The van der Waals surface area contributed by atoms with Gasteiger partial charge in [-0.15, -0.1) is 0 Å². The lowest BCUT2D eigenvalue weighted by Crippen LogP contribution is -2.38. The maximum atomic E-state index is 10.5. The van der Waals surface area contributed by atoms with Gasteiger partial charge in [-0.1, -0.05) is 67.7 Å². The Morgan fingerprint density at radius 1 is 1.26 bits per heavy atom. The summed E-state index contributed by atoms with van der Waals surface area (Å²) < 4.78 is 0. The van der Waals surface area contributed by atoms with Gasteiger partial charge in [0.25, 0.3) is 0 Å². The number of rotatable bonds is 6. The van der Waals surface area contributed by atoms with Crippen molar-refractivity contribution in [2.45, 2.75) is 55.9 Å². The van der Waals surface area contributed by atoms with E-state index < -0.39 is 0 Å². The summed E-state index contributed by atoms with van der Waals surface area (Å²) in [7, 11) is 0. The van der Waals surface area contributed by atoms with Gasteiger partial charge in [0.15, 0.2) is 0 Å². The van der Waals surface area contributed by atoms with Crippen LogP contribution in [0.15, 0.2) is 40.4 Å². The van der Waals surface area contributed by atoms with Crippen molar-refractivity contribution in [2.75, 3.05) is 18.0 Å². The van der Waals surface area contributed by atoms with Crippen LogP contribution in [-0.4, -0.2) is 23.2 Å². The molecule has 0 bridgehead atoms. The monoisotopic (exact) mass is 424 g/mol. The van der Waals surface area contributed by atoms with E-state index in [9.17, 15) is 5.11 Å². The molecule has 1 fully saturated rings. The first kappa shape index (κ1) is 20.6. The molecule has 0 saturated carbocycles. The van der Waals surface area contributed by atoms with Crippen LogP contribution in [0.3, 0.4) is 0 Å². The number of hydrogen-bond donors (Lipinski definition) is 1. The highest BCUT2D eigenvalue weighted by molar-refractivity contribution is 7.99. The minimum Gasteiger partial charge on any atom is -0.505 e. The highest BCUT2D eigenvalue weighted by Crippen LogP contribution is 2.41. The van der Waals surface area contributed by atoms with E-state index in [1.807, 2.05) is 24.4 Å². The third-order valence-corrected chi connectivity index (χ3v) is 7.41. The average molecular weight is 425 g/mol. The lowest BCUT2D eigenvalue weighted by atomic mass is 9.76. The van der Waals surface area contributed by atoms with Gasteiger partial charge in [0, 0.05) is 24.1 Å². The Morgan fingerprint density at radius 2 is 2.00 bits per heavy atom. The largest absolute Gasteiger partial charge is 0.505 e. The molecule has 1 aromatic heterocycles. The maximum Gasteiger partial charge on any atom is 0.150 e. The minimum atomic E-state index is 0.174. The van der Waals surface area contributed by atoms with Crippen molar-refractivity contribution in [3.63, 3.8) is 0 Å². The normalized spacial score (nSPS) is 16.5. The molecule has 6 heteroatoms. The van der Waals surface area contributed by atoms with Crippen LogP contribution in [0.5, 0.6) is 5.75 Å². The van der Waals surface area contributed by atoms with Gasteiger partial charge in [0.1, 0.15) is 10.8 Å². The molecule has 0 aliphatic carbocycles. The molecular weight excluding hydrogens is 399 g/mol. The summed E-state index contributed by atoms with van der Waals surface area (Å²) in [5.74, 6) is 0.174. The summed E-state index contributed by atoms with van der Waals surface area (Å²) in [6.45, 7) is 6.68. The van der Waals surface area contributed by atoms with Gasteiger partial charge in [-0.25, -0.2) is 4.98 Å². The molecule has 2 heterocycles. The van der Waals surface area contributed by atoms with Crippen molar-refractivity contribution in [1.29, 1.82) is 0 Å². The van der Waals surface area contributed by atoms with E-state index >= 15 is 0 Å². The Hall–Kier alpha value is -1.10. The third kappa shape index (κ3) is 5.04. The number of halogens is 2. The number of benzene rings is 1. The van der Waals surface area contributed by atoms with Gasteiger partial charge in [-0.2, -0.15) is 0 Å². The summed E-state index contributed by atoms with van der Waals surface area (Å²) in [5.41, 5.74) is 1.42. The minimum absolute atomic E-state index is 0.174. The highest BCUT2D eigenvalue weighted by Gasteiger charge is 2.29. The first-order valence-corrected chi connectivity index (χ1v) is 11.0. The Bertz CT molecular complexity index is 792. The molecule has 0 atom stereocenters. The quantitative estimate of drug-likeness (QED) is 0.538. The summed E-state index contributed by atoms with van der Waals surface area (Å²) >= 11 is 13.6. The average Bonchev–Trinajstić information content (AvgIpc) is 2.66. The molecule has 0 radical (unpaired) electrons. The Balaban J connectivity index is 1.68. The fourth-order valence-corrected chi connectivity index (χ4v) is 4.80. The van der Waals surface area contributed by atoms with Crippen molar-refractivity contribution in [2.24, 2.45) is 5.41 Å². The van der Waals surface area contributed by atoms with Crippen LogP contribution >= 0.6 is 35.0 Å². The highest BCUT2D eigenvalue weighted by atomic mass is 35.5. The van der Waals surface area contributed by atoms with Crippen molar-refractivity contribution in [3.8, 4) is 5.75 Å². The van der Waals surface area contributed by atoms with Crippen LogP contribution in [0.2, 0.25) is 10.0 Å². The number of aromatic hydroxyl groups is 1. The maximum absolute atomic E-state index is 10.5. The van der Waals surface area contributed by atoms with Gasteiger partial charge in [-0.3, -0.25) is 0 Å². The standard InChI is InChI=1S/C21H26Cl2N2OS/c1-3-4-8-21(2)9-11-25(12-10-21)15-13-17(26)20(24-14-15)27-18-7-5-6-16(22)19(18)23/h5-7,13-14,26H,3-4,8-12H2,1-2H3. The Labute approximate surface area is 176 Å². The van der Waals surface area contributed by atoms with Crippen LogP contribution in [0.25, 0.3) is 0 Å². The van der Waals surface area contributed by atoms with Crippen molar-refractivity contribution >= 4 is 40.7 Å². The molecule has 0 unspecified atom stereocenters. The Morgan fingerprint density at radius 3 is 2.67 bits per heavy atom. The summed E-state index contributed by atoms with van der Waals surface area (Å²) in [5, 5.41) is 12.0. The van der Waals surface area contributed by atoms with Crippen molar-refractivity contribution in [1.82, 2.24) is 4.98 Å². The van der Waals surface area contributed by atoms with E-state index in [1.54, 1.807) is 6.07 Å². The Kier molecular flexibility index (Phi) is 6.83. The van der Waals surface area contributed by atoms with E-state index in [0.29, 0.717) is 20.5 Å². The number of pyridine rings is 1. The zero-order valence-electron chi connectivity index (χ0n) is 15.8. The van der Waals surface area contributed by atoms with Crippen molar-refractivity contribution < 1.29 is 5.11 Å². The van der Waals surface area contributed by atoms with Crippen LogP contribution in [-0.2, 0) is 0 Å². The molecule has 0 amide bonds. The topological polar surface area (TPSA) is 36.4 Å². The third-order valence-electron chi connectivity index (χ3n) is 5.41. The van der Waals surface area contributed by atoms with E-state index in [-0.39, 0.29) is 5.75 Å². The molecule has 27 heavy (non-hydrogen) atoms. The van der Waals surface area contributed by atoms with Gasteiger partial charge in [0.05, 0.1) is 21.9 Å². The smallest absolute Gasteiger partial charge is 0.150 e. The molecule has 3 nitrogen and oxygen atoms in total. The van der Waals surface area contributed by atoms with E-state index in [1.165, 1.54) is 43.9 Å².